The summed E-state index contributed by atoms with van der Waals surface area (Å²) in [5.74, 6) is 0. The Morgan fingerprint density at radius 2 is 2.29 bits per heavy atom. The summed E-state index contributed by atoms with van der Waals surface area (Å²) < 4.78 is 0. The molecule has 3 rings (SSSR count). The molecular formula is C14H16N2S. The average molecular weight is 244 g/mol. The second kappa shape index (κ2) is 4.08. The van der Waals surface area contributed by atoms with Crippen LogP contribution in [0.2, 0.25) is 0 Å². The summed E-state index contributed by atoms with van der Waals surface area (Å²) in [6.45, 7) is 4.20. The molecular weight excluding hydrogens is 228 g/mol. The summed E-state index contributed by atoms with van der Waals surface area (Å²) in [6, 6.07) is 8.67. The number of nitrogens with two attached hydrogens (primary N) is 1. The first-order chi connectivity index (χ1) is 8.24. The number of benzene rings is 1. The normalized spacial score (nSPS) is 14.1. The Kier molecular flexibility index (Phi) is 2.56. The SMILES string of the molecule is Cc1cc2c(cc1N)N(Cc1cccs1)CC2. The number of aryl methyl sites for hydroxylation is 1. The van der Waals surface area contributed by atoms with Crippen LogP contribution in [0.4, 0.5) is 11.4 Å². The van der Waals surface area contributed by atoms with Crippen LogP contribution >= 0.6 is 11.3 Å². The van der Waals surface area contributed by atoms with Gasteiger partial charge in [-0.05, 0) is 42.0 Å². The number of hydrogen-bond acceptors (Lipinski definition) is 3. The summed E-state index contributed by atoms with van der Waals surface area (Å²) in [7, 11) is 0. The monoisotopic (exact) mass is 244 g/mol. The van der Waals surface area contributed by atoms with Crippen LogP contribution in [0.3, 0.4) is 0 Å². The van der Waals surface area contributed by atoms with Gasteiger partial charge in [-0.1, -0.05) is 12.1 Å². The first-order valence-corrected chi connectivity index (χ1v) is 6.78. The molecule has 1 aromatic heterocycles. The van der Waals surface area contributed by atoms with Gasteiger partial charge >= 0.3 is 0 Å². The predicted octanol–water partition coefficient (Wildman–Crippen LogP) is 3.20. The molecule has 2 N–H and O–H groups in total. The van der Waals surface area contributed by atoms with E-state index in [1.165, 1.54) is 21.7 Å². The summed E-state index contributed by atoms with van der Waals surface area (Å²) in [5, 5.41) is 2.13. The fourth-order valence-electron chi connectivity index (χ4n) is 2.40. The molecule has 1 aliphatic rings. The fourth-order valence-corrected chi connectivity index (χ4v) is 3.12. The second-order valence-electron chi connectivity index (χ2n) is 4.59. The lowest BCUT2D eigenvalue weighted by atomic mass is 10.1. The van der Waals surface area contributed by atoms with Crippen LogP contribution in [0.1, 0.15) is 16.0 Å². The van der Waals surface area contributed by atoms with Crippen molar-refractivity contribution in [1.29, 1.82) is 0 Å². The van der Waals surface area contributed by atoms with Gasteiger partial charge in [-0.25, -0.2) is 0 Å². The first-order valence-electron chi connectivity index (χ1n) is 5.90. The highest BCUT2D eigenvalue weighted by Crippen LogP contribution is 2.33. The van der Waals surface area contributed by atoms with Crippen LogP contribution in [0.5, 0.6) is 0 Å². The highest BCUT2D eigenvalue weighted by atomic mass is 32.1. The summed E-state index contributed by atoms with van der Waals surface area (Å²) in [4.78, 5) is 3.84. The van der Waals surface area contributed by atoms with Crippen LogP contribution in [0.25, 0.3) is 0 Å². The number of rotatable bonds is 2. The molecule has 0 radical (unpaired) electrons. The van der Waals surface area contributed by atoms with E-state index in [1.807, 2.05) is 11.3 Å². The molecule has 0 spiro atoms. The molecule has 1 aliphatic heterocycles. The van der Waals surface area contributed by atoms with Gasteiger partial charge in [0.25, 0.3) is 0 Å². The Morgan fingerprint density at radius 1 is 1.41 bits per heavy atom. The molecule has 0 aliphatic carbocycles. The number of nitrogen functional groups attached to an aromatic ring is 1. The van der Waals surface area contributed by atoms with Gasteiger partial charge in [-0.3, -0.25) is 0 Å². The third-order valence-corrected chi connectivity index (χ3v) is 4.25. The predicted molar refractivity (Wildman–Crippen MR) is 74.7 cm³/mol. The van der Waals surface area contributed by atoms with Crippen molar-refractivity contribution in [2.75, 3.05) is 17.2 Å². The Morgan fingerprint density at radius 3 is 3.06 bits per heavy atom. The maximum absolute atomic E-state index is 6.00. The topological polar surface area (TPSA) is 29.3 Å². The van der Waals surface area contributed by atoms with Crippen molar-refractivity contribution in [3.63, 3.8) is 0 Å². The first kappa shape index (κ1) is 10.7. The molecule has 17 heavy (non-hydrogen) atoms. The van der Waals surface area contributed by atoms with Gasteiger partial charge in [-0.15, -0.1) is 11.3 Å². The van der Waals surface area contributed by atoms with Crippen LogP contribution in [-0.2, 0) is 13.0 Å². The van der Waals surface area contributed by atoms with Gasteiger partial charge in [0.15, 0.2) is 0 Å². The van der Waals surface area contributed by atoms with Gasteiger partial charge in [-0.2, -0.15) is 0 Å². The summed E-state index contributed by atoms with van der Waals surface area (Å²) >= 11 is 1.82. The van der Waals surface area contributed by atoms with Crippen LogP contribution in [0, 0.1) is 6.92 Å². The van der Waals surface area contributed by atoms with E-state index in [0.29, 0.717) is 0 Å². The van der Waals surface area contributed by atoms with E-state index in [0.717, 1.165) is 25.2 Å². The lowest BCUT2D eigenvalue weighted by Gasteiger charge is -2.19. The highest BCUT2D eigenvalue weighted by Gasteiger charge is 2.20. The zero-order valence-corrected chi connectivity index (χ0v) is 10.8. The van der Waals surface area contributed by atoms with Crippen LogP contribution < -0.4 is 10.6 Å². The third kappa shape index (κ3) is 1.91. The average Bonchev–Trinajstić information content (AvgIpc) is 2.92. The maximum atomic E-state index is 6.00. The van der Waals surface area contributed by atoms with E-state index >= 15 is 0 Å². The Hall–Kier alpha value is -1.48. The van der Waals surface area contributed by atoms with E-state index in [1.54, 1.807) is 0 Å². The Balaban J connectivity index is 1.90. The molecule has 2 heterocycles. The number of nitrogens with zero attached hydrogens (tertiary/aromatic N) is 1. The standard InChI is InChI=1S/C14H16N2S/c1-10-7-11-4-5-16(14(11)8-13(10)15)9-12-3-2-6-17-12/h2-3,6-8H,4-5,9,15H2,1H3. The van der Waals surface area contributed by atoms with Gasteiger partial charge < -0.3 is 10.6 Å². The molecule has 2 aromatic rings. The maximum Gasteiger partial charge on any atom is 0.0523 e. The molecule has 2 nitrogen and oxygen atoms in total. The highest BCUT2D eigenvalue weighted by molar-refractivity contribution is 7.09. The molecule has 0 amide bonds. The van der Waals surface area contributed by atoms with Gasteiger partial charge in [0.1, 0.15) is 0 Å². The Bertz CT molecular complexity index is 531. The van der Waals surface area contributed by atoms with Gasteiger partial charge in [0.05, 0.1) is 6.54 Å². The van der Waals surface area contributed by atoms with Gasteiger partial charge in [0, 0.05) is 22.8 Å². The van der Waals surface area contributed by atoms with E-state index in [4.69, 9.17) is 5.73 Å². The van der Waals surface area contributed by atoms with Crippen molar-refractivity contribution in [3.8, 4) is 0 Å². The zero-order chi connectivity index (χ0) is 11.8. The number of hydrogen-bond donors (Lipinski definition) is 1. The van der Waals surface area contributed by atoms with E-state index < -0.39 is 0 Å². The number of thiophene rings is 1. The minimum Gasteiger partial charge on any atom is -0.398 e. The van der Waals surface area contributed by atoms with Crippen molar-refractivity contribution in [2.45, 2.75) is 19.9 Å². The van der Waals surface area contributed by atoms with Crippen molar-refractivity contribution in [3.05, 3.63) is 45.6 Å². The van der Waals surface area contributed by atoms with Crippen molar-refractivity contribution in [1.82, 2.24) is 0 Å². The third-order valence-electron chi connectivity index (χ3n) is 3.39. The van der Waals surface area contributed by atoms with E-state index in [9.17, 15) is 0 Å². The minimum atomic E-state index is 0.904. The lowest BCUT2D eigenvalue weighted by Crippen LogP contribution is -2.19. The molecule has 0 unspecified atom stereocenters. The molecule has 0 saturated carbocycles. The van der Waals surface area contributed by atoms with E-state index in [-0.39, 0.29) is 0 Å². The molecule has 0 saturated heterocycles. The fraction of sp³-hybridized carbons (Fsp3) is 0.286. The molecule has 88 valence electrons. The largest absolute Gasteiger partial charge is 0.398 e. The van der Waals surface area contributed by atoms with Crippen LogP contribution in [-0.4, -0.2) is 6.54 Å². The lowest BCUT2D eigenvalue weighted by molar-refractivity contribution is 0.846. The Labute approximate surface area is 106 Å². The zero-order valence-electron chi connectivity index (χ0n) is 9.94. The smallest absolute Gasteiger partial charge is 0.0523 e. The number of anilines is 2. The molecule has 1 aromatic carbocycles. The summed E-state index contributed by atoms with van der Waals surface area (Å²) in [6.07, 6.45) is 1.14. The quantitative estimate of drug-likeness (QED) is 0.822. The van der Waals surface area contributed by atoms with Gasteiger partial charge in [0.2, 0.25) is 0 Å². The minimum absolute atomic E-state index is 0.904. The van der Waals surface area contributed by atoms with E-state index in [2.05, 4.69) is 41.5 Å². The molecule has 0 atom stereocenters. The van der Waals surface area contributed by atoms with Crippen molar-refractivity contribution >= 4 is 22.7 Å². The molecule has 0 fully saturated rings. The molecule has 3 heteroatoms. The number of fused-ring (bicyclic) bond motifs is 1. The van der Waals surface area contributed by atoms with Crippen LogP contribution in [0.15, 0.2) is 29.6 Å². The molecule has 0 bridgehead atoms. The summed E-state index contributed by atoms with van der Waals surface area (Å²) in [5.41, 5.74) is 10.9. The van der Waals surface area contributed by atoms with Crippen molar-refractivity contribution in [2.24, 2.45) is 0 Å². The second-order valence-corrected chi connectivity index (χ2v) is 5.62. The van der Waals surface area contributed by atoms with Crippen molar-refractivity contribution < 1.29 is 0 Å².